The fourth-order valence-corrected chi connectivity index (χ4v) is 3.16. The summed E-state index contributed by atoms with van der Waals surface area (Å²) >= 11 is 0. The van der Waals surface area contributed by atoms with Gasteiger partial charge in [0.05, 0.1) is 6.20 Å². The lowest BCUT2D eigenvalue weighted by molar-refractivity contribution is 0.247. The minimum absolute atomic E-state index is 0.146. The minimum Gasteiger partial charge on any atom is -0.332 e. The second-order valence-corrected chi connectivity index (χ2v) is 6.00. The molecule has 2 N–H and O–H groups in total. The van der Waals surface area contributed by atoms with Crippen LogP contribution in [0.2, 0.25) is 0 Å². The van der Waals surface area contributed by atoms with Crippen LogP contribution in [0.4, 0.5) is 0 Å². The molecule has 1 aromatic rings. The fraction of sp³-hybridized carbons (Fsp3) is 0.667. The van der Waals surface area contributed by atoms with Crippen LogP contribution in [0.3, 0.4) is 0 Å². The molecule has 0 saturated heterocycles. The first-order valence-corrected chi connectivity index (χ1v) is 6.45. The van der Waals surface area contributed by atoms with Gasteiger partial charge in [-0.3, -0.25) is 0 Å². The lowest BCUT2D eigenvalue weighted by Crippen LogP contribution is -2.50. The molecule has 1 saturated carbocycles. The van der Waals surface area contributed by atoms with Gasteiger partial charge in [0.1, 0.15) is 5.82 Å². The Labute approximate surface area is 89.4 Å². The number of hydrogen-bond donors (Lipinski definition) is 2. The van der Waals surface area contributed by atoms with E-state index in [-0.39, 0.29) is 10.6 Å². The van der Waals surface area contributed by atoms with Crippen molar-refractivity contribution in [2.75, 3.05) is 0 Å². The van der Waals surface area contributed by atoms with E-state index < -0.39 is 10.0 Å². The van der Waals surface area contributed by atoms with Gasteiger partial charge in [0, 0.05) is 5.54 Å². The minimum atomic E-state index is -3.43. The molecule has 84 valence electrons. The first-order valence-electron chi connectivity index (χ1n) is 4.97. The molecule has 15 heavy (non-hydrogen) atoms. The van der Waals surface area contributed by atoms with Crippen LogP contribution in [-0.2, 0) is 10.0 Å². The highest BCUT2D eigenvalue weighted by Crippen LogP contribution is 2.32. The predicted octanol–water partition coefficient (Wildman–Crippen LogP) is 0.939. The van der Waals surface area contributed by atoms with E-state index in [4.69, 9.17) is 0 Å². The number of H-pyrrole nitrogens is 1. The maximum Gasteiger partial charge on any atom is 0.258 e. The summed E-state index contributed by atoms with van der Waals surface area (Å²) in [5.74, 6) is 0.606. The molecule has 2 rings (SSSR count). The summed E-state index contributed by atoms with van der Waals surface area (Å²) in [6.07, 6.45) is 4.24. The van der Waals surface area contributed by atoms with Gasteiger partial charge in [-0.2, -0.15) is 0 Å². The van der Waals surface area contributed by atoms with Gasteiger partial charge in [0.2, 0.25) is 0 Å². The average molecular weight is 229 g/mol. The van der Waals surface area contributed by atoms with Gasteiger partial charge in [-0.1, -0.05) is 0 Å². The van der Waals surface area contributed by atoms with E-state index in [1.165, 1.54) is 6.20 Å². The van der Waals surface area contributed by atoms with E-state index in [9.17, 15) is 8.42 Å². The Morgan fingerprint density at radius 2 is 2.20 bits per heavy atom. The van der Waals surface area contributed by atoms with E-state index in [1.54, 1.807) is 6.92 Å². The van der Waals surface area contributed by atoms with Gasteiger partial charge in [-0.05, 0) is 33.1 Å². The standard InChI is InChI=1S/C9H15N3O2S/c1-7-10-6-8(11-7)15(13,14)12-9(2)4-3-5-9/h6,12H,3-5H2,1-2H3,(H,10,11). The van der Waals surface area contributed by atoms with Crippen LogP contribution in [0, 0.1) is 6.92 Å². The lowest BCUT2D eigenvalue weighted by Gasteiger charge is -2.38. The van der Waals surface area contributed by atoms with E-state index in [2.05, 4.69) is 14.7 Å². The van der Waals surface area contributed by atoms with Gasteiger partial charge in [-0.25, -0.2) is 18.1 Å². The summed E-state index contributed by atoms with van der Waals surface area (Å²) in [4.78, 5) is 6.61. The first-order chi connectivity index (χ1) is 6.91. The lowest BCUT2D eigenvalue weighted by atomic mass is 9.80. The third-order valence-electron chi connectivity index (χ3n) is 2.81. The van der Waals surface area contributed by atoms with Gasteiger partial charge in [0.25, 0.3) is 10.0 Å². The number of aromatic amines is 1. The number of sulfonamides is 1. The highest BCUT2D eigenvalue weighted by atomic mass is 32.2. The van der Waals surface area contributed by atoms with Crippen LogP contribution in [0.5, 0.6) is 0 Å². The number of nitrogens with zero attached hydrogens (tertiary/aromatic N) is 1. The van der Waals surface area contributed by atoms with Crippen molar-refractivity contribution in [3.63, 3.8) is 0 Å². The van der Waals surface area contributed by atoms with Gasteiger partial charge in [-0.15, -0.1) is 0 Å². The van der Waals surface area contributed by atoms with Crippen LogP contribution < -0.4 is 4.72 Å². The first kappa shape index (κ1) is 10.6. The number of nitrogens with one attached hydrogen (secondary N) is 2. The van der Waals surface area contributed by atoms with Crippen molar-refractivity contribution in [3.8, 4) is 0 Å². The van der Waals surface area contributed by atoms with Gasteiger partial charge < -0.3 is 4.98 Å². The Bertz CT molecular complexity index is 459. The molecular weight excluding hydrogens is 214 g/mol. The van der Waals surface area contributed by atoms with Crippen LogP contribution in [0.1, 0.15) is 32.0 Å². The number of aryl methyl sites for hydroxylation is 1. The molecule has 1 heterocycles. The number of aromatic nitrogens is 2. The van der Waals surface area contributed by atoms with Crippen molar-refractivity contribution < 1.29 is 8.42 Å². The highest BCUT2D eigenvalue weighted by molar-refractivity contribution is 7.89. The number of hydrogen-bond acceptors (Lipinski definition) is 3. The maximum atomic E-state index is 11.9. The molecule has 6 heteroatoms. The molecule has 5 nitrogen and oxygen atoms in total. The molecule has 0 radical (unpaired) electrons. The molecule has 1 fully saturated rings. The second-order valence-electron chi connectivity index (χ2n) is 4.35. The maximum absolute atomic E-state index is 11.9. The van der Waals surface area contributed by atoms with Crippen LogP contribution >= 0.6 is 0 Å². The second kappa shape index (κ2) is 3.31. The number of rotatable bonds is 3. The Kier molecular flexibility index (Phi) is 2.35. The van der Waals surface area contributed by atoms with Crippen molar-refractivity contribution in [2.45, 2.75) is 43.7 Å². The third-order valence-corrected chi connectivity index (χ3v) is 4.35. The quantitative estimate of drug-likeness (QED) is 0.810. The molecule has 0 atom stereocenters. The molecule has 0 bridgehead atoms. The zero-order chi connectivity index (χ0) is 11.1. The zero-order valence-electron chi connectivity index (χ0n) is 8.87. The Morgan fingerprint density at radius 3 is 2.60 bits per heavy atom. The van der Waals surface area contributed by atoms with Crippen molar-refractivity contribution in [2.24, 2.45) is 0 Å². The molecule has 0 aliphatic heterocycles. The topological polar surface area (TPSA) is 74.8 Å². The van der Waals surface area contributed by atoms with E-state index in [0.717, 1.165) is 19.3 Å². The molecule has 1 aliphatic rings. The Hall–Kier alpha value is -0.880. The molecule has 0 aromatic carbocycles. The average Bonchev–Trinajstić information content (AvgIpc) is 2.49. The third kappa shape index (κ3) is 2.05. The van der Waals surface area contributed by atoms with E-state index in [0.29, 0.717) is 5.82 Å². The summed E-state index contributed by atoms with van der Waals surface area (Å²) in [6.45, 7) is 3.65. The SMILES string of the molecule is Cc1ncc(S(=O)(=O)NC2(C)CCC2)[nH]1. The van der Waals surface area contributed by atoms with Crippen molar-refractivity contribution in [3.05, 3.63) is 12.0 Å². The summed E-state index contributed by atoms with van der Waals surface area (Å²) in [5, 5.41) is 0.146. The highest BCUT2D eigenvalue weighted by Gasteiger charge is 2.36. The summed E-state index contributed by atoms with van der Waals surface area (Å²) in [5.41, 5.74) is -0.266. The molecule has 1 aromatic heterocycles. The number of imidazole rings is 1. The monoisotopic (exact) mass is 229 g/mol. The summed E-state index contributed by atoms with van der Waals surface area (Å²) in [7, 11) is -3.43. The molecule has 0 amide bonds. The summed E-state index contributed by atoms with van der Waals surface area (Å²) in [6, 6.07) is 0. The Balaban J connectivity index is 2.20. The fourth-order valence-electron chi connectivity index (χ4n) is 1.72. The van der Waals surface area contributed by atoms with Crippen molar-refractivity contribution >= 4 is 10.0 Å². The van der Waals surface area contributed by atoms with Crippen LogP contribution in [0.15, 0.2) is 11.2 Å². The summed E-state index contributed by atoms with van der Waals surface area (Å²) < 4.78 is 26.4. The van der Waals surface area contributed by atoms with Crippen molar-refractivity contribution in [1.29, 1.82) is 0 Å². The van der Waals surface area contributed by atoms with Crippen molar-refractivity contribution in [1.82, 2.24) is 14.7 Å². The van der Waals surface area contributed by atoms with Gasteiger partial charge in [0.15, 0.2) is 5.03 Å². The normalized spacial score (nSPS) is 19.9. The van der Waals surface area contributed by atoms with E-state index >= 15 is 0 Å². The van der Waals surface area contributed by atoms with Crippen LogP contribution in [0.25, 0.3) is 0 Å². The predicted molar refractivity (Wildman–Crippen MR) is 55.9 cm³/mol. The molecule has 0 spiro atoms. The smallest absolute Gasteiger partial charge is 0.258 e. The van der Waals surface area contributed by atoms with Gasteiger partial charge >= 0.3 is 0 Å². The largest absolute Gasteiger partial charge is 0.332 e. The molecular formula is C9H15N3O2S. The zero-order valence-corrected chi connectivity index (χ0v) is 9.69. The van der Waals surface area contributed by atoms with Crippen LogP contribution in [-0.4, -0.2) is 23.9 Å². The molecule has 0 unspecified atom stereocenters. The molecule has 1 aliphatic carbocycles. The Morgan fingerprint density at radius 1 is 1.53 bits per heavy atom. The van der Waals surface area contributed by atoms with E-state index in [1.807, 2.05) is 6.92 Å².